The highest BCUT2D eigenvalue weighted by molar-refractivity contribution is 5.57. The molecule has 0 aliphatic rings. The average molecular weight is 431 g/mol. The van der Waals surface area contributed by atoms with E-state index in [1.54, 1.807) is 24.5 Å². The van der Waals surface area contributed by atoms with Gasteiger partial charge in [-0.3, -0.25) is 0 Å². The largest absolute Gasteiger partial charge is 0.493 e. The van der Waals surface area contributed by atoms with Gasteiger partial charge in [0.05, 0.1) is 31.2 Å². The van der Waals surface area contributed by atoms with Crippen LogP contribution < -0.4 is 9.47 Å². The average Bonchev–Trinajstić information content (AvgIpc) is 2.78. The third-order valence-corrected chi connectivity index (χ3v) is 5.34. The van der Waals surface area contributed by atoms with Gasteiger partial charge in [0, 0.05) is 6.07 Å². The highest BCUT2D eigenvalue weighted by atomic mass is 19.1. The molecule has 0 radical (unpaired) electrons. The molecular formula is C26H39FN2O2. The van der Waals surface area contributed by atoms with Crippen LogP contribution in [-0.4, -0.2) is 23.2 Å². The Balaban J connectivity index is 1.73. The number of rotatable bonds is 17. The summed E-state index contributed by atoms with van der Waals surface area (Å²) < 4.78 is 25.9. The zero-order chi connectivity index (χ0) is 22.2. The van der Waals surface area contributed by atoms with E-state index in [2.05, 4.69) is 23.8 Å². The first-order valence-electron chi connectivity index (χ1n) is 12.1. The fraction of sp³-hybridized carbons (Fsp3) is 0.615. The van der Waals surface area contributed by atoms with E-state index >= 15 is 0 Å². The van der Waals surface area contributed by atoms with Crippen LogP contribution >= 0.6 is 0 Å². The molecule has 0 N–H and O–H groups in total. The van der Waals surface area contributed by atoms with Crippen LogP contribution in [0.3, 0.4) is 0 Å². The van der Waals surface area contributed by atoms with Gasteiger partial charge in [-0.1, -0.05) is 78.1 Å². The van der Waals surface area contributed by atoms with Crippen molar-refractivity contribution < 1.29 is 13.9 Å². The monoisotopic (exact) mass is 430 g/mol. The van der Waals surface area contributed by atoms with Crippen LogP contribution in [0.15, 0.2) is 30.6 Å². The van der Waals surface area contributed by atoms with Crippen molar-refractivity contribution in [3.8, 4) is 22.9 Å². The van der Waals surface area contributed by atoms with Crippen LogP contribution in [0.4, 0.5) is 4.39 Å². The van der Waals surface area contributed by atoms with E-state index in [0.29, 0.717) is 36.1 Å². The minimum absolute atomic E-state index is 0.354. The van der Waals surface area contributed by atoms with Gasteiger partial charge in [-0.25, -0.2) is 14.4 Å². The second-order valence-corrected chi connectivity index (χ2v) is 8.12. The highest BCUT2D eigenvalue weighted by Gasteiger charge is 2.10. The van der Waals surface area contributed by atoms with Gasteiger partial charge in [0.25, 0.3) is 0 Å². The van der Waals surface area contributed by atoms with Gasteiger partial charge < -0.3 is 9.47 Å². The highest BCUT2D eigenvalue weighted by Crippen LogP contribution is 2.24. The molecule has 1 aromatic carbocycles. The Kier molecular flexibility index (Phi) is 12.6. The molecule has 0 saturated carbocycles. The second-order valence-electron chi connectivity index (χ2n) is 8.12. The summed E-state index contributed by atoms with van der Waals surface area (Å²) in [6.45, 7) is 5.71. The SMILES string of the molecule is CCCCCCCCOc1cnc(-c2ccc(OCCCCCCCC)cc2F)nc1. The number of unbranched alkanes of at least 4 members (excludes halogenated alkanes) is 10. The zero-order valence-electron chi connectivity index (χ0n) is 19.4. The Morgan fingerprint density at radius 2 is 1.19 bits per heavy atom. The van der Waals surface area contributed by atoms with E-state index in [1.165, 1.54) is 63.9 Å². The van der Waals surface area contributed by atoms with Crippen molar-refractivity contribution >= 4 is 0 Å². The van der Waals surface area contributed by atoms with Crippen molar-refractivity contribution in [3.63, 3.8) is 0 Å². The predicted molar refractivity (Wildman–Crippen MR) is 125 cm³/mol. The number of halogens is 1. The summed E-state index contributed by atoms with van der Waals surface area (Å²) in [6.07, 6.45) is 17.8. The lowest BCUT2D eigenvalue weighted by atomic mass is 10.1. The Morgan fingerprint density at radius 3 is 1.74 bits per heavy atom. The Morgan fingerprint density at radius 1 is 0.677 bits per heavy atom. The summed E-state index contributed by atoms with van der Waals surface area (Å²) in [4.78, 5) is 8.55. The van der Waals surface area contributed by atoms with Crippen molar-refractivity contribution in [3.05, 3.63) is 36.4 Å². The van der Waals surface area contributed by atoms with Crippen LogP contribution in [0.1, 0.15) is 90.9 Å². The van der Waals surface area contributed by atoms with E-state index in [1.807, 2.05) is 0 Å². The topological polar surface area (TPSA) is 44.2 Å². The fourth-order valence-electron chi connectivity index (χ4n) is 3.44. The van der Waals surface area contributed by atoms with Gasteiger partial charge in [-0.05, 0) is 25.0 Å². The molecular weight excluding hydrogens is 391 g/mol. The number of hydrogen-bond donors (Lipinski definition) is 0. The minimum atomic E-state index is -0.374. The van der Waals surface area contributed by atoms with Gasteiger partial charge in [-0.15, -0.1) is 0 Å². The van der Waals surface area contributed by atoms with E-state index in [0.717, 1.165) is 19.3 Å². The third kappa shape index (κ3) is 10.1. The molecule has 1 heterocycles. The Labute approximate surface area is 187 Å². The maximum Gasteiger partial charge on any atom is 0.162 e. The summed E-state index contributed by atoms with van der Waals surface area (Å²) in [6, 6.07) is 4.87. The molecule has 2 rings (SSSR count). The van der Waals surface area contributed by atoms with Crippen LogP contribution in [0, 0.1) is 5.82 Å². The first-order chi connectivity index (χ1) is 15.2. The third-order valence-electron chi connectivity index (χ3n) is 5.34. The van der Waals surface area contributed by atoms with Crippen molar-refractivity contribution in [1.29, 1.82) is 0 Å². The van der Waals surface area contributed by atoms with Crippen molar-refractivity contribution in [2.45, 2.75) is 90.9 Å². The molecule has 0 unspecified atom stereocenters. The molecule has 31 heavy (non-hydrogen) atoms. The molecule has 0 aliphatic heterocycles. The summed E-state index contributed by atoms with van der Waals surface area (Å²) in [7, 11) is 0. The summed E-state index contributed by atoms with van der Waals surface area (Å²) in [5.74, 6) is 1.15. The molecule has 0 aliphatic carbocycles. The summed E-state index contributed by atoms with van der Waals surface area (Å²) in [5, 5.41) is 0. The first-order valence-corrected chi connectivity index (χ1v) is 12.1. The maximum absolute atomic E-state index is 14.5. The predicted octanol–water partition coefficient (Wildman–Crippen LogP) is 7.76. The maximum atomic E-state index is 14.5. The lowest BCUT2D eigenvalue weighted by Gasteiger charge is -2.09. The second kappa shape index (κ2) is 15.6. The van der Waals surface area contributed by atoms with Gasteiger partial charge in [0.1, 0.15) is 11.6 Å². The van der Waals surface area contributed by atoms with Crippen LogP contribution in [0.25, 0.3) is 11.4 Å². The molecule has 0 saturated heterocycles. The molecule has 0 atom stereocenters. The number of nitrogens with zero attached hydrogens (tertiary/aromatic N) is 2. The molecule has 0 spiro atoms. The molecule has 0 amide bonds. The molecule has 0 bridgehead atoms. The van der Waals surface area contributed by atoms with E-state index in [4.69, 9.17) is 9.47 Å². The lowest BCUT2D eigenvalue weighted by molar-refractivity contribution is 0.302. The van der Waals surface area contributed by atoms with Crippen LogP contribution in [0.5, 0.6) is 11.5 Å². The normalized spacial score (nSPS) is 10.9. The van der Waals surface area contributed by atoms with E-state index in [9.17, 15) is 4.39 Å². The fourth-order valence-corrected chi connectivity index (χ4v) is 3.44. The van der Waals surface area contributed by atoms with Gasteiger partial charge >= 0.3 is 0 Å². The quantitative estimate of drug-likeness (QED) is 0.241. The first kappa shape index (κ1) is 25.1. The van der Waals surface area contributed by atoms with Crippen molar-refractivity contribution in [2.24, 2.45) is 0 Å². The molecule has 2 aromatic rings. The molecule has 0 fully saturated rings. The molecule has 172 valence electrons. The smallest absolute Gasteiger partial charge is 0.162 e. The van der Waals surface area contributed by atoms with E-state index < -0.39 is 0 Å². The molecule has 4 nitrogen and oxygen atoms in total. The zero-order valence-corrected chi connectivity index (χ0v) is 19.4. The van der Waals surface area contributed by atoms with Gasteiger partial charge in [0.2, 0.25) is 0 Å². The Hall–Kier alpha value is -2.17. The minimum Gasteiger partial charge on any atom is -0.493 e. The van der Waals surface area contributed by atoms with Crippen LogP contribution in [-0.2, 0) is 0 Å². The Bertz CT molecular complexity index is 722. The van der Waals surface area contributed by atoms with Crippen molar-refractivity contribution in [1.82, 2.24) is 9.97 Å². The summed E-state index contributed by atoms with van der Waals surface area (Å²) in [5.41, 5.74) is 0.370. The van der Waals surface area contributed by atoms with Gasteiger partial charge in [-0.2, -0.15) is 0 Å². The lowest BCUT2D eigenvalue weighted by Crippen LogP contribution is -2.00. The molecule has 5 heteroatoms. The van der Waals surface area contributed by atoms with Crippen molar-refractivity contribution in [2.75, 3.05) is 13.2 Å². The summed E-state index contributed by atoms with van der Waals surface area (Å²) >= 11 is 0. The standard InChI is InChI=1S/C26H39FN2O2/c1-3-5-7-9-11-13-17-30-22-15-16-24(25(27)19-22)26-28-20-23(21-29-26)31-18-14-12-10-8-6-4-2/h15-16,19-21H,3-14,17-18H2,1-2H3. The molecule has 1 aromatic heterocycles. The number of hydrogen-bond acceptors (Lipinski definition) is 4. The van der Waals surface area contributed by atoms with Gasteiger partial charge in [0.15, 0.2) is 11.6 Å². The van der Waals surface area contributed by atoms with Crippen LogP contribution in [0.2, 0.25) is 0 Å². The number of ether oxygens (including phenoxy) is 2. The van der Waals surface area contributed by atoms with E-state index in [-0.39, 0.29) is 5.82 Å². The number of benzene rings is 1. The number of aromatic nitrogens is 2.